The maximum atomic E-state index is 12.2. The molecule has 9 nitrogen and oxygen atoms in total. The molecule has 0 radical (unpaired) electrons. The highest BCUT2D eigenvalue weighted by molar-refractivity contribution is 8.68. The summed E-state index contributed by atoms with van der Waals surface area (Å²) in [4.78, 5) is 23.5. The smallest absolute Gasteiger partial charge is 0.278 e. The van der Waals surface area contributed by atoms with Crippen molar-refractivity contribution >= 4 is 48.4 Å². The summed E-state index contributed by atoms with van der Waals surface area (Å²) in [6, 6.07) is 0. The highest BCUT2D eigenvalue weighted by atomic mass is 32.9. The van der Waals surface area contributed by atoms with E-state index in [2.05, 4.69) is 69.2 Å². The maximum absolute atomic E-state index is 12.2. The molecule has 0 spiro atoms. The van der Waals surface area contributed by atoms with Gasteiger partial charge in [-0.05, 0) is 69.0 Å². The minimum Gasteiger partial charge on any atom is -0.414 e. The zero-order valence-corrected chi connectivity index (χ0v) is 27.5. The van der Waals surface area contributed by atoms with Gasteiger partial charge in [0.05, 0.1) is 31.5 Å². The van der Waals surface area contributed by atoms with Gasteiger partial charge in [-0.15, -0.1) is 0 Å². The van der Waals surface area contributed by atoms with Crippen LogP contribution in [0.25, 0.3) is 11.2 Å². The first-order valence-corrected chi connectivity index (χ1v) is 20.6. The molecule has 2 aromatic heterocycles. The molecule has 3 aliphatic rings. The summed E-state index contributed by atoms with van der Waals surface area (Å²) in [5.74, 6) is 0.459. The molecular formula is C26H41N4O5PS2Si. The van der Waals surface area contributed by atoms with Gasteiger partial charge in [0.2, 0.25) is 5.69 Å². The van der Waals surface area contributed by atoms with E-state index < -0.39 is 20.2 Å². The Hall–Kier alpha value is -0.853. The van der Waals surface area contributed by atoms with E-state index in [1.54, 1.807) is 17.7 Å². The first-order chi connectivity index (χ1) is 18.1. The molecule has 3 fully saturated rings. The van der Waals surface area contributed by atoms with Crippen LogP contribution in [0.3, 0.4) is 0 Å². The Bertz CT molecular complexity index is 1360. The quantitative estimate of drug-likeness (QED) is 0.219. The van der Waals surface area contributed by atoms with Crippen LogP contribution in [-0.4, -0.2) is 57.5 Å². The van der Waals surface area contributed by atoms with Crippen LogP contribution in [0.2, 0.25) is 18.1 Å². The van der Waals surface area contributed by atoms with E-state index in [1.807, 2.05) is 4.57 Å². The molecule has 216 valence electrons. The largest absolute Gasteiger partial charge is 0.414 e. The minimum absolute atomic E-state index is 0.0531. The number of aromatic amines is 1. The van der Waals surface area contributed by atoms with Gasteiger partial charge >= 0.3 is 0 Å². The van der Waals surface area contributed by atoms with Crippen LogP contribution in [0, 0.1) is 5.92 Å². The first kappa shape index (κ1) is 29.6. The topological polar surface area (TPSA) is 100 Å². The fourth-order valence-electron chi connectivity index (χ4n) is 5.31. The SMILES string of the molecule is C=C(C)[C@H]1CC[C@@]2(C)S[P@](=S)(O[C@H]3C[C@H](n4cnc5c(=O)[nH]cnc54)O[C@@H]3CO[Si](C)(C)C(C)(C)C)O[C@@H]2C1. The van der Waals surface area contributed by atoms with Crippen molar-refractivity contribution in [3.05, 3.63) is 35.2 Å². The number of fused-ring (bicyclic) bond motifs is 2. The van der Waals surface area contributed by atoms with E-state index >= 15 is 0 Å². The number of imidazole rings is 1. The average molecular weight is 613 g/mol. The number of H-pyrrole nitrogens is 1. The Balaban J connectivity index is 1.38. The third-order valence-electron chi connectivity index (χ3n) is 8.98. The molecule has 0 unspecified atom stereocenters. The second-order valence-corrected chi connectivity index (χ2v) is 24.3. The lowest BCUT2D eigenvalue weighted by atomic mass is 9.77. The summed E-state index contributed by atoms with van der Waals surface area (Å²) in [5.41, 5.74) is -0.948. The normalized spacial score (nSPS) is 35.4. The second kappa shape index (κ2) is 10.5. The summed E-state index contributed by atoms with van der Waals surface area (Å²) in [7, 11) is -2.03. The predicted octanol–water partition coefficient (Wildman–Crippen LogP) is 6.31. The predicted molar refractivity (Wildman–Crippen MR) is 162 cm³/mol. The molecule has 39 heavy (non-hydrogen) atoms. The fraction of sp³-hybridized carbons (Fsp3) is 0.731. The van der Waals surface area contributed by atoms with Crippen LogP contribution in [0.15, 0.2) is 29.6 Å². The first-order valence-electron chi connectivity index (χ1n) is 13.6. The van der Waals surface area contributed by atoms with Crippen LogP contribution < -0.4 is 5.56 Å². The van der Waals surface area contributed by atoms with Gasteiger partial charge < -0.3 is 23.2 Å². The van der Waals surface area contributed by atoms with Crippen molar-refractivity contribution in [2.24, 2.45) is 5.92 Å². The molecular weight excluding hydrogens is 572 g/mol. The Kier molecular flexibility index (Phi) is 7.94. The van der Waals surface area contributed by atoms with Crippen molar-refractivity contribution in [3.8, 4) is 0 Å². The third kappa shape index (κ3) is 5.77. The van der Waals surface area contributed by atoms with E-state index in [0.29, 0.717) is 24.6 Å². The highest BCUT2D eigenvalue weighted by Crippen LogP contribution is 2.76. The summed E-state index contributed by atoms with van der Waals surface area (Å²) in [6.07, 6.45) is 5.57. The maximum Gasteiger partial charge on any atom is 0.278 e. The lowest BCUT2D eigenvalue weighted by molar-refractivity contribution is -0.0370. The van der Waals surface area contributed by atoms with Gasteiger partial charge in [0.15, 0.2) is 19.5 Å². The molecule has 0 bridgehead atoms. The fourth-order valence-corrected chi connectivity index (χ4v) is 13.9. The van der Waals surface area contributed by atoms with Crippen LogP contribution >= 0.6 is 17.1 Å². The molecule has 2 saturated heterocycles. The summed E-state index contributed by atoms with van der Waals surface area (Å²) < 4.78 is 28.3. The van der Waals surface area contributed by atoms with Gasteiger partial charge in [0, 0.05) is 11.2 Å². The van der Waals surface area contributed by atoms with Crippen molar-refractivity contribution in [1.29, 1.82) is 0 Å². The second-order valence-electron chi connectivity index (χ2n) is 12.9. The van der Waals surface area contributed by atoms with Gasteiger partial charge in [0.1, 0.15) is 12.3 Å². The average Bonchev–Trinajstić information content (AvgIpc) is 3.49. The Labute approximate surface area is 240 Å². The molecule has 4 heterocycles. The van der Waals surface area contributed by atoms with Crippen molar-refractivity contribution in [2.75, 3.05) is 6.61 Å². The lowest BCUT2D eigenvalue weighted by Crippen LogP contribution is -2.44. The monoisotopic (exact) mass is 612 g/mol. The molecule has 2 aliphatic heterocycles. The number of nitrogens with zero attached hydrogens (tertiary/aromatic N) is 3. The van der Waals surface area contributed by atoms with Gasteiger partial charge in [-0.2, -0.15) is 0 Å². The number of hydrogen-bond acceptors (Lipinski definition) is 9. The van der Waals surface area contributed by atoms with Crippen LogP contribution in [0.4, 0.5) is 0 Å². The molecule has 0 aromatic carbocycles. The molecule has 1 aliphatic carbocycles. The van der Waals surface area contributed by atoms with E-state index in [-0.39, 0.29) is 39.2 Å². The van der Waals surface area contributed by atoms with Crippen molar-refractivity contribution in [1.82, 2.24) is 19.5 Å². The standard InChI is InChI=1S/C26H41N4O5PS2Si/c1-16(2)17-9-10-26(6)20(11-17)35-36(37,38-26)34-18-12-21(30-15-29-22-23(30)27-14-28-24(22)31)33-19(18)13-32-39(7,8)25(3,4)5/h14-15,17-21H,1,9-13H2,2-8H3,(H,27,28,31)/t17-,18-,19+,20+,21+,26+,36+/m0/s1. The van der Waals surface area contributed by atoms with Gasteiger partial charge in [-0.25, -0.2) is 9.97 Å². The van der Waals surface area contributed by atoms with Gasteiger partial charge in [0.25, 0.3) is 5.56 Å². The molecule has 13 heteroatoms. The van der Waals surface area contributed by atoms with E-state index in [1.165, 1.54) is 11.9 Å². The Morgan fingerprint density at radius 1 is 1.38 bits per heavy atom. The molecule has 0 amide bonds. The van der Waals surface area contributed by atoms with Crippen molar-refractivity contribution in [2.45, 2.75) is 108 Å². The molecule has 1 N–H and O–H groups in total. The van der Waals surface area contributed by atoms with Crippen molar-refractivity contribution < 1.29 is 18.2 Å². The third-order valence-corrected chi connectivity index (χ3v) is 19.3. The van der Waals surface area contributed by atoms with Crippen molar-refractivity contribution in [3.63, 3.8) is 0 Å². The van der Waals surface area contributed by atoms with E-state index in [0.717, 1.165) is 19.3 Å². The number of ether oxygens (including phenoxy) is 1. The molecule has 2 aromatic rings. The van der Waals surface area contributed by atoms with Crippen LogP contribution in [0.1, 0.15) is 66.5 Å². The highest BCUT2D eigenvalue weighted by Gasteiger charge is 2.55. The Morgan fingerprint density at radius 2 is 2.13 bits per heavy atom. The lowest BCUT2D eigenvalue weighted by Gasteiger charge is -2.37. The molecule has 5 rings (SSSR count). The van der Waals surface area contributed by atoms with E-state index in [4.69, 9.17) is 30.0 Å². The number of rotatable bonds is 7. The van der Waals surface area contributed by atoms with Crippen LogP contribution in [0.5, 0.6) is 0 Å². The summed E-state index contributed by atoms with van der Waals surface area (Å²) in [5, 5.41) is 0.0631. The van der Waals surface area contributed by atoms with Gasteiger partial charge in [-0.3, -0.25) is 9.36 Å². The summed E-state index contributed by atoms with van der Waals surface area (Å²) in [6.45, 7) is 20.1. The van der Waals surface area contributed by atoms with Gasteiger partial charge in [-0.1, -0.05) is 44.3 Å². The Morgan fingerprint density at radius 3 is 2.82 bits per heavy atom. The summed E-state index contributed by atoms with van der Waals surface area (Å²) >= 11 is 7.86. The zero-order chi connectivity index (χ0) is 28.4. The number of aromatic nitrogens is 4. The van der Waals surface area contributed by atoms with E-state index in [9.17, 15) is 4.79 Å². The molecule has 7 atom stereocenters. The zero-order valence-electron chi connectivity index (χ0n) is 23.9. The number of allylic oxidation sites excluding steroid dienone is 1. The number of hydrogen-bond donors (Lipinski definition) is 1. The number of nitrogens with one attached hydrogen (secondary N) is 1. The molecule has 1 saturated carbocycles. The minimum atomic E-state index is -2.64. The van der Waals surface area contributed by atoms with Crippen LogP contribution in [-0.2, 0) is 30.0 Å².